The normalized spacial score (nSPS) is 19.0. The van der Waals surface area contributed by atoms with E-state index in [1.165, 1.54) is 4.31 Å². The maximum Gasteiger partial charge on any atom is 0.247 e. The van der Waals surface area contributed by atoms with Crippen molar-refractivity contribution in [2.45, 2.75) is 31.3 Å². The van der Waals surface area contributed by atoms with Gasteiger partial charge in [-0.3, -0.25) is 9.36 Å². The lowest BCUT2D eigenvalue weighted by Gasteiger charge is -2.32. The molecular formula is C14H21N5O3S. The number of fused-ring (bicyclic) bond motifs is 1. The molecule has 2 aromatic heterocycles. The highest BCUT2D eigenvalue weighted by atomic mass is 32.2. The van der Waals surface area contributed by atoms with Crippen LogP contribution in [0, 0.1) is 13.8 Å². The highest BCUT2D eigenvalue weighted by molar-refractivity contribution is 7.89. The Morgan fingerprint density at radius 3 is 2.74 bits per heavy atom. The van der Waals surface area contributed by atoms with Crippen molar-refractivity contribution < 1.29 is 13.2 Å². The summed E-state index contributed by atoms with van der Waals surface area (Å²) in [5.41, 5.74) is 2.03. The van der Waals surface area contributed by atoms with Crippen LogP contribution in [0.2, 0.25) is 0 Å². The maximum atomic E-state index is 13.1. The van der Waals surface area contributed by atoms with E-state index in [1.807, 2.05) is 10.7 Å². The van der Waals surface area contributed by atoms with Gasteiger partial charge in [0.15, 0.2) is 0 Å². The number of sulfonamides is 1. The Hall–Kier alpha value is -1.71. The molecule has 9 heteroatoms. The third-order valence-electron chi connectivity index (χ3n) is 4.25. The Kier molecular flexibility index (Phi) is 4.03. The summed E-state index contributed by atoms with van der Waals surface area (Å²) >= 11 is 0. The lowest BCUT2D eigenvalue weighted by molar-refractivity contribution is 0.121. The predicted molar refractivity (Wildman–Crippen MR) is 83.4 cm³/mol. The molecule has 0 radical (unpaired) electrons. The monoisotopic (exact) mass is 339 g/mol. The van der Waals surface area contributed by atoms with Crippen LogP contribution < -0.4 is 0 Å². The van der Waals surface area contributed by atoms with Crippen LogP contribution >= 0.6 is 0 Å². The van der Waals surface area contributed by atoms with E-state index in [-0.39, 0.29) is 6.04 Å². The second-order valence-corrected chi connectivity index (χ2v) is 7.67. The molecule has 1 aliphatic heterocycles. The quantitative estimate of drug-likeness (QED) is 0.816. The number of hydrogen-bond donors (Lipinski definition) is 0. The van der Waals surface area contributed by atoms with E-state index in [9.17, 15) is 8.42 Å². The van der Waals surface area contributed by atoms with E-state index in [1.54, 1.807) is 38.9 Å². The molecule has 0 spiro atoms. The Labute approximate surface area is 135 Å². The number of nitrogens with zero attached hydrogens (tertiary/aromatic N) is 5. The topological polar surface area (TPSA) is 82.2 Å². The van der Waals surface area contributed by atoms with Gasteiger partial charge in [-0.25, -0.2) is 8.42 Å². The first-order valence-electron chi connectivity index (χ1n) is 7.38. The molecule has 2 aromatic rings. The number of aromatic nitrogens is 4. The molecule has 3 rings (SSSR count). The standard InChI is InChI=1S/C14H21N5O3S/c1-10-14(11(2)17(3)16-10)23(20,21)18-7-12-5-6-15-19(12)13(8-18)9-22-4/h5-6,13H,7-9H2,1-4H3. The van der Waals surface area contributed by atoms with Gasteiger partial charge in [0, 0.05) is 26.9 Å². The Bertz CT molecular complexity index is 824. The number of hydrogen-bond acceptors (Lipinski definition) is 5. The second-order valence-electron chi connectivity index (χ2n) is 5.80. The molecule has 0 saturated carbocycles. The van der Waals surface area contributed by atoms with Crippen molar-refractivity contribution in [3.05, 3.63) is 29.3 Å². The summed E-state index contributed by atoms with van der Waals surface area (Å²) in [6.45, 7) is 4.54. The average Bonchev–Trinajstić information content (AvgIpc) is 3.04. The molecular weight excluding hydrogens is 318 g/mol. The highest BCUT2D eigenvalue weighted by Crippen LogP contribution is 2.29. The van der Waals surface area contributed by atoms with Crippen molar-refractivity contribution >= 4 is 10.0 Å². The van der Waals surface area contributed by atoms with Gasteiger partial charge in [0.2, 0.25) is 10.0 Å². The molecule has 126 valence electrons. The van der Waals surface area contributed by atoms with Crippen LogP contribution in [0.4, 0.5) is 0 Å². The van der Waals surface area contributed by atoms with Gasteiger partial charge in [-0.15, -0.1) is 0 Å². The molecule has 8 nitrogen and oxygen atoms in total. The van der Waals surface area contributed by atoms with Crippen LogP contribution in [0.1, 0.15) is 23.1 Å². The molecule has 0 bridgehead atoms. The lowest BCUT2D eigenvalue weighted by atomic mass is 10.2. The van der Waals surface area contributed by atoms with E-state index in [2.05, 4.69) is 10.2 Å². The SMILES string of the molecule is COCC1CN(S(=O)(=O)c2c(C)nn(C)c2C)Cc2ccnn21. The van der Waals surface area contributed by atoms with Crippen LogP contribution in [-0.2, 0) is 28.4 Å². The van der Waals surface area contributed by atoms with Gasteiger partial charge in [-0.1, -0.05) is 0 Å². The molecule has 1 atom stereocenters. The lowest BCUT2D eigenvalue weighted by Crippen LogP contribution is -2.42. The van der Waals surface area contributed by atoms with E-state index < -0.39 is 10.0 Å². The minimum absolute atomic E-state index is 0.134. The zero-order valence-corrected chi connectivity index (χ0v) is 14.5. The van der Waals surface area contributed by atoms with Crippen LogP contribution in [0.5, 0.6) is 0 Å². The number of ether oxygens (including phenoxy) is 1. The Balaban J connectivity index is 2.01. The molecule has 0 aromatic carbocycles. The van der Waals surface area contributed by atoms with Gasteiger partial charge in [0.25, 0.3) is 0 Å². The van der Waals surface area contributed by atoms with Gasteiger partial charge < -0.3 is 4.74 Å². The molecule has 0 saturated heterocycles. The van der Waals surface area contributed by atoms with Crippen LogP contribution in [-0.4, -0.2) is 52.5 Å². The molecule has 0 fully saturated rings. The first kappa shape index (κ1) is 16.2. The predicted octanol–water partition coefficient (Wildman–Crippen LogP) is 0.625. The van der Waals surface area contributed by atoms with Crippen molar-refractivity contribution in [3.8, 4) is 0 Å². The third kappa shape index (κ3) is 2.58. The van der Waals surface area contributed by atoms with E-state index in [4.69, 9.17) is 4.74 Å². The molecule has 23 heavy (non-hydrogen) atoms. The van der Waals surface area contributed by atoms with Crippen molar-refractivity contribution in [2.24, 2.45) is 7.05 Å². The minimum Gasteiger partial charge on any atom is -0.382 e. The summed E-state index contributed by atoms with van der Waals surface area (Å²) < 4.78 is 36.4. The number of methoxy groups -OCH3 is 1. The van der Waals surface area contributed by atoms with Crippen LogP contribution in [0.25, 0.3) is 0 Å². The van der Waals surface area contributed by atoms with Gasteiger partial charge in [-0.05, 0) is 19.9 Å². The minimum atomic E-state index is -3.62. The van der Waals surface area contributed by atoms with Crippen molar-refractivity contribution in [1.29, 1.82) is 0 Å². The maximum absolute atomic E-state index is 13.1. The second kappa shape index (κ2) is 5.73. The molecule has 3 heterocycles. The van der Waals surface area contributed by atoms with E-state index in [0.29, 0.717) is 36.0 Å². The van der Waals surface area contributed by atoms with Gasteiger partial charge in [0.05, 0.1) is 36.3 Å². The molecule has 0 amide bonds. The summed E-state index contributed by atoms with van der Waals surface area (Å²) in [5.74, 6) is 0. The fraction of sp³-hybridized carbons (Fsp3) is 0.571. The fourth-order valence-corrected chi connectivity index (χ4v) is 4.96. The fourth-order valence-electron chi connectivity index (χ4n) is 3.11. The summed E-state index contributed by atoms with van der Waals surface area (Å²) in [7, 11) is -0.267. The van der Waals surface area contributed by atoms with Crippen molar-refractivity contribution in [3.63, 3.8) is 0 Å². The number of aryl methyl sites for hydroxylation is 2. The summed E-state index contributed by atoms with van der Waals surface area (Å²) in [6, 6.07) is 1.71. The van der Waals surface area contributed by atoms with E-state index in [0.717, 1.165) is 5.69 Å². The smallest absolute Gasteiger partial charge is 0.247 e. The third-order valence-corrected chi connectivity index (χ3v) is 6.32. The van der Waals surface area contributed by atoms with Crippen molar-refractivity contribution in [1.82, 2.24) is 23.9 Å². The first-order valence-corrected chi connectivity index (χ1v) is 8.82. The molecule has 0 aliphatic carbocycles. The van der Waals surface area contributed by atoms with Crippen molar-refractivity contribution in [2.75, 3.05) is 20.3 Å². The zero-order valence-electron chi connectivity index (χ0n) is 13.7. The highest BCUT2D eigenvalue weighted by Gasteiger charge is 2.36. The zero-order chi connectivity index (χ0) is 16.8. The summed E-state index contributed by atoms with van der Waals surface area (Å²) in [4.78, 5) is 0.295. The van der Waals surface area contributed by atoms with Crippen LogP contribution in [0.15, 0.2) is 17.2 Å². The van der Waals surface area contributed by atoms with Gasteiger partial charge >= 0.3 is 0 Å². The van der Waals surface area contributed by atoms with Gasteiger partial charge in [-0.2, -0.15) is 14.5 Å². The van der Waals surface area contributed by atoms with E-state index >= 15 is 0 Å². The Morgan fingerprint density at radius 2 is 2.13 bits per heavy atom. The summed E-state index contributed by atoms with van der Waals surface area (Å²) in [6.07, 6.45) is 1.69. The number of rotatable bonds is 4. The Morgan fingerprint density at radius 1 is 1.39 bits per heavy atom. The summed E-state index contributed by atoms with van der Waals surface area (Å²) in [5, 5.41) is 8.51. The molecule has 1 unspecified atom stereocenters. The average molecular weight is 339 g/mol. The largest absolute Gasteiger partial charge is 0.382 e. The van der Waals surface area contributed by atoms with Gasteiger partial charge in [0.1, 0.15) is 4.90 Å². The van der Waals surface area contributed by atoms with Crippen LogP contribution in [0.3, 0.4) is 0 Å². The first-order chi connectivity index (χ1) is 10.9. The molecule has 0 N–H and O–H groups in total. The molecule has 1 aliphatic rings.